The number of hydrogen-bond acceptors (Lipinski definition) is 8. The number of nitrogens with two attached hydrogens (primary N) is 1. The summed E-state index contributed by atoms with van der Waals surface area (Å²) in [6.07, 6.45) is -5.11. The first-order chi connectivity index (χ1) is 17.1. The fourth-order valence-electron chi connectivity index (χ4n) is 3.38. The monoisotopic (exact) mass is 528 g/mol. The quantitative estimate of drug-likeness (QED) is 0.302. The number of rotatable bonds is 11. The van der Waals surface area contributed by atoms with Gasteiger partial charge in [0.05, 0.1) is 25.4 Å². The van der Waals surface area contributed by atoms with Gasteiger partial charge in [0.1, 0.15) is 5.54 Å². The van der Waals surface area contributed by atoms with Gasteiger partial charge in [-0.25, -0.2) is 4.79 Å². The number of hydrogen-bond donors (Lipinski definition) is 4. The number of alkyl halides is 3. The second kappa shape index (κ2) is 11.7. The molecule has 1 aromatic carbocycles. The maximum absolute atomic E-state index is 13.3. The van der Waals surface area contributed by atoms with E-state index in [4.69, 9.17) is 5.73 Å². The fraction of sp³-hybridized carbons (Fsp3) is 0.522. The molecule has 0 saturated carbocycles. The molecule has 0 radical (unpaired) electrons. The molecule has 37 heavy (non-hydrogen) atoms. The number of nitrogens with one attached hydrogen (secondary N) is 2. The molecule has 14 heteroatoms. The van der Waals surface area contributed by atoms with Crippen LogP contribution < -0.4 is 16.4 Å². The zero-order valence-electron chi connectivity index (χ0n) is 20.9. The number of ether oxygens (including phenoxy) is 1. The number of nitrogens with zero attached hydrogens (tertiary/aromatic N) is 3. The standard InChI is InChI=1S/C23H31F3N6O5/c1-14(12-32-13-16(30-31-32)11-22(36,20(35)37-4)23(24,25)26)28-19(34)21(2,3)29-18(33)17(27)10-15-8-6-5-7-9-15/h5-9,13-14,17,36H,10-12,27H2,1-4H3,(H,28,34)(H,29,33)/t14-,17-,22?/m0/s1. The summed E-state index contributed by atoms with van der Waals surface area (Å²) in [5.41, 5.74) is 1.43. The van der Waals surface area contributed by atoms with E-state index in [1.807, 2.05) is 30.3 Å². The molecule has 0 aliphatic carbocycles. The van der Waals surface area contributed by atoms with E-state index >= 15 is 0 Å². The molecule has 11 nitrogen and oxygen atoms in total. The van der Waals surface area contributed by atoms with Crippen molar-refractivity contribution in [3.05, 3.63) is 47.8 Å². The van der Waals surface area contributed by atoms with Crippen LogP contribution in [0, 0.1) is 0 Å². The van der Waals surface area contributed by atoms with Crippen LogP contribution in [0.4, 0.5) is 13.2 Å². The lowest BCUT2D eigenvalue weighted by Crippen LogP contribution is -2.59. The van der Waals surface area contributed by atoms with Crippen molar-refractivity contribution in [2.75, 3.05) is 7.11 Å². The molecule has 2 rings (SSSR count). The third-order valence-corrected chi connectivity index (χ3v) is 5.49. The summed E-state index contributed by atoms with van der Waals surface area (Å²) in [5, 5.41) is 22.4. The molecule has 0 fully saturated rings. The molecular weight excluding hydrogens is 497 g/mol. The predicted octanol–water partition coefficient (Wildman–Crippen LogP) is 0.257. The van der Waals surface area contributed by atoms with E-state index in [9.17, 15) is 32.7 Å². The summed E-state index contributed by atoms with van der Waals surface area (Å²) in [7, 11) is 0.723. The second-order valence-electron chi connectivity index (χ2n) is 9.24. The van der Waals surface area contributed by atoms with E-state index in [1.54, 1.807) is 6.92 Å². The van der Waals surface area contributed by atoms with Gasteiger partial charge in [-0.05, 0) is 32.8 Å². The largest absolute Gasteiger partial charge is 0.467 e. The number of methoxy groups -OCH3 is 1. The van der Waals surface area contributed by atoms with Crippen LogP contribution in [-0.2, 0) is 38.5 Å². The lowest BCUT2D eigenvalue weighted by molar-refractivity contribution is -0.261. The van der Waals surface area contributed by atoms with Gasteiger partial charge in [0, 0.05) is 18.7 Å². The van der Waals surface area contributed by atoms with Crippen LogP contribution in [0.2, 0.25) is 0 Å². The number of carbonyl (C=O) groups is 3. The minimum Gasteiger partial charge on any atom is -0.467 e. The molecule has 0 saturated heterocycles. The smallest absolute Gasteiger partial charge is 0.428 e. The maximum atomic E-state index is 13.3. The van der Waals surface area contributed by atoms with Gasteiger partial charge >= 0.3 is 12.1 Å². The molecule has 1 unspecified atom stereocenters. The Labute approximate surface area is 211 Å². The minimum absolute atomic E-state index is 0.00103. The molecule has 0 aliphatic heterocycles. The van der Waals surface area contributed by atoms with Gasteiger partial charge in [-0.3, -0.25) is 14.3 Å². The molecule has 1 heterocycles. The van der Waals surface area contributed by atoms with Crippen LogP contribution in [0.3, 0.4) is 0 Å². The Kier molecular flexibility index (Phi) is 9.38. The molecule has 0 bridgehead atoms. The van der Waals surface area contributed by atoms with E-state index in [0.29, 0.717) is 0 Å². The van der Waals surface area contributed by atoms with Crippen molar-refractivity contribution in [3.8, 4) is 0 Å². The average molecular weight is 529 g/mol. The highest BCUT2D eigenvalue weighted by Gasteiger charge is 2.61. The van der Waals surface area contributed by atoms with Gasteiger partial charge in [-0.1, -0.05) is 35.5 Å². The third kappa shape index (κ3) is 7.73. The van der Waals surface area contributed by atoms with E-state index in [-0.39, 0.29) is 18.7 Å². The van der Waals surface area contributed by atoms with Crippen molar-refractivity contribution in [3.63, 3.8) is 0 Å². The number of carbonyl (C=O) groups excluding carboxylic acids is 3. The lowest BCUT2D eigenvalue weighted by Gasteiger charge is -2.28. The molecule has 0 spiro atoms. The molecule has 2 aromatic rings. The highest BCUT2D eigenvalue weighted by Crippen LogP contribution is 2.34. The Bertz CT molecular complexity index is 1090. The lowest BCUT2D eigenvalue weighted by atomic mass is 9.97. The molecule has 1 aromatic heterocycles. The molecular formula is C23H31F3N6O5. The molecule has 5 N–H and O–H groups in total. The van der Waals surface area contributed by atoms with Crippen LogP contribution in [-0.4, -0.2) is 74.4 Å². The Morgan fingerprint density at radius 1 is 1.19 bits per heavy atom. The zero-order chi connectivity index (χ0) is 28.0. The first-order valence-corrected chi connectivity index (χ1v) is 11.3. The van der Waals surface area contributed by atoms with Gasteiger partial charge in [-0.2, -0.15) is 13.2 Å². The Balaban J connectivity index is 1.95. The Morgan fingerprint density at radius 2 is 1.81 bits per heavy atom. The molecule has 204 valence electrons. The van der Waals surface area contributed by atoms with Gasteiger partial charge < -0.3 is 26.2 Å². The third-order valence-electron chi connectivity index (χ3n) is 5.49. The number of amides is 2. The Hall–Kier alpha value is -3.52. The van der Waals surface area contributed by atoms with Crippen LogP contribution in [0.1, 0.15) is 32.0 Å². The van der Waals surface area contributed by atoms with Gasteiger partial charge in [0.15, 0.2) is 0 Å². The van der Waals surface area contributed by atoms with E-state index in [1.165, 1.54) is 13.8 Å². The summed E-state index contributed by atoms with van der Waals surface area (Å²) in [6.45, 7) is 4.61. The molecule has 0 aliphatic rings. The van der Waals surface area contributed by atoms with Crippen LogP contribution in [0.15, 0.2) is 36.5 Å². The molecule has 3 atom stereocenters. The van der Waals surface area contributed by atoms with Crippen LogP contribution in [0.5, 0.6) is 0 Å². The first kappa shape index (κ1) is 29.7. The summed E-state index contributed by atoms with van der Waals surface area (Å²) in [5.74, 6) is -2.92. The molecule has 2 amide bonds. The topological polar surface area (TPSA) is 161 Å². The van der Waals surface area contributed by atoms with Crippen LogP contribution in [0.25, 0.3) is 0 Å². The Morgan fingerprint density at radius 3 is 2.38 bits per heavy atom. The number of aliphatic hydroxyl groups is 1. The van der Waals surface area contributed by atoms with Gasteiger partial charge in [-0.15, -0.1) is 5.10 Å². The van der Waals surface area contributed by atoms with Crippen molar-refractivity contribution in [2.24, 2.45) is 5.73 Å². The summed E-state index contributed by atoms with van der Waals surface area (Å²) in [6, 6.07) is 7.70. The van der Waals surface area contributed by atoms with E-state index in [2.05, 4.69) is 25.7 Å². The normalized spacial score (nSPS) is 15.3. The van der Waals surface area contributed by atoms with E-state index in [0.717, 1.165) is 23.6 Å². The highest BCUT2D eigenvalue weighted by molar-refractivity contribution is 5.92. The SMILES string of the molecule is COC(=O)C(O)(Cc1cn(C[C@H](C)NC(=O)C(C)(C)NC(=O)[C@@H](N)Cc2ccccc2)nn1)C(F)(F)F. The fourth-order valence-corrected chi connectivity index (χ4v) is 3.38. The minimum atomic E-state index is -5.30. The van der Waals surface area contributed by atoms with Crippen LogP contribution >= 0.6 is 0 Å². The summed E-state index contributed by atoms with van der Waals surface area (Å²) < 4.78 is 45.0. The number of benzene rings is 1. The highest BCUT2D eigenvalue weighted by atomic mass is 19.4. The average Bonchev–Trinajstić information content (AvgIpc) is 3.23. The van der Waals surface area contributed by atoms with E-state index < -0.39 is 53.6 Å². The van der Waals surface area contributed by atoms with Crippen molar-refractivity contribution in [1.29, 1.82) is 0 Å². The number of aromatic nitrogens is 3. The summed E-state index contributed by atoms with van der Waals surface area (Å²) in [4.78, 5) is 36.9. The first-order valence-electron chi connectivity index (χ1n) is 11.3. The predicted molar refractivity (Wildman–Crippen MR) is 125 cm³/mol. The van der Waals surface area contributed by atoms with Gasteiger partial charge in [0.2, 0.25) is 11.8 Å². The number of esters is 1. The van der Waals surface area contributed by atoms with Crippen molar-refractivity contribution >= 4 is 17.8 Å². The van der Waals surface area contributed by atoms with Gasteiger partial charge in [0.25, 0.3) is 5.60 Å². The summed E-state index contributed by atoms with van der Waals surface area (Å²) >= 11 is 0. The van der Waals surface area contributed by atoms with Crippen molar-refractivity contribution in [2.45, 2.75) is 69.6 Å². The van der Waals surface area contributed by atoms with Crippen molar-refractivity contribution in [1.82, 2.24) is 25.6 Å². The maximum Gasteiger partial charge on any atom is 0.428 e. The zero-order valence-corrected chi connectivity index (χ0v) is 20.9. The van der Waals surface area contributed by atoms with Crippen molar-refractivity contribution < 1.29 is 37.4 Å². The number of halogens is 3. The second-order valence-corrected chi connectivity index (χ2v) is 9.24.